The van der Waals surface area contributed by atoms with Gasteiger partial charge in [0, 0.05) is 15.6 Å². The van der Waals surface area contributed by atoms with Gasteiger partial charge in [-0.15, -0.1) is 11.3 Å². The monoisotopic (exact) mass is 432 g/mol. The molecule has 2 heterocycles. The second-order valence-electron chi connectivity index (χ2n) is 9.75. The van der Waals surface area contributed by atoms with E-state index < -0.39 is 0 Å². The molecule has 0 bridgehead atoms. The molecule has 0 unspecified atom stereocenters. The maximum atomic E-state index is 4.80. The number of rotatable bonds is 2. The first-order chi connectivity index (χ1) is 15.5. The van der Waals surface area contributed by atoms with Crippen LogP contribution in [0.5, 0.6) is 0 Å². The van der Waals surface area contributed by atoms with E-state index in [1.54, 1.807) is 17.7 Å². The molecule has 2 aromatic heterocycles. The first-order valence-electron chi connectivity index (χ1n) is 11.0. The molecule has 6 rings (SSSR count). The van der Waals surface area contributed by atoms with Crippen LogP contribution in [-0.2, 0) is 6.42 Å². The van der Waals surface area contributed by atoms with Gasteiger partial charge in [0.25, 0.3) is 0 Å². The van der Waals surface area contributed by atoms with Crippen molar-refractivity contribution in [3.8, 4) is 11.3 Å². The third kappa shape index (κ3) is 3.16. The van der Waals surface area contributed by atoms with E-state index in [9.17, 15) is 0 Å². The Bertz CT molecular complexity index is 1640. The summed E-state index contributed by atoms with van der Waals surface area (Å²) in [5, 5.41) is 6.30. The first kappa shape index (κ1) is 19.4. The number of fused-ring (bicyclic) bond motifs is 5. The van der Waals surface area contributed by atoms with Crippen LogP contribution in [0.25, 0.3) is 53.1 Å². The molecule has 3 heteroatoms. The molecule has 0 saturated heterocycles. The van der Waals surface area contributed by atoms with E-state index in [-0.39, 0.29) is 5.41 Å². The minimum atomic E-state index is 0.236. The molecular weight excluding hydrogens is 408 g/mol. The van der Waals surface area contributed by atoms with Gasteiger partial charge in [-0.2, -0.15) is 0 Å². The molecule has 0 N–H and O–H groups in total. The zero-order chi connectivity index (χ0) is 21.9. The van der Waals surface area contributed by atoms with Gasteiger partial charge in [-0.25, -0.2) is 9.97 Å². The van der Waals surface area contributed by atoms with Crippen molar-refractivity contribution in [3.63, 3.8) is 0 Å². The Labute approximate surface area is 191 Å². The highest BCUT2D eigenvalue weighted by Gasteiger charge is 2.17. The maximum absolute atomic E-state index is 4.80. The summed E-state index contributed by atoms with van der Waals surface area (Å²) in [6.07, 6.45) is 2.76. The van der Waals surface area contributed by atoms with Crippen LogP contribution in [0.4, 0.5) is 0 Å². The number of benzene rings is 4. The van der Waals surface area contributed by atoms with Gasteiger partial charge in [-0.1, -0.05) is 81.4 Å². The van der Waals surface area contributed by atoms with Crippen molar-refractivity contribution in [2.24, 2.45) is 5.41 Å². The molecule has 0 aliphatic carbocycles. The van der Waals surface area contributed by atoms with Crippen LogP contribution in [0.1, 0.15) is 26.3 Å². The molecule has 32 heavy (non-hydrogen) atoms. The van der Waals surface area contributed by atoms with E-state index in [1.165, 1.54) is 42.8 Å². The molecule has 0 fully saturated rings. The molecule has 0 atom stereocenters. The fourth-order valence-electron chi connectivity index (χ4n) is 4.76. The third-order valence-corrected chi connectivity index (χ3v) is 7.26. The Morgan fingerprint density at radius 1 is 0.750 bits per heavy atom. The van der Waals surface area contributed by atoms with E-state index in [1.807, 2.05) is 0 Å². The highest BCUT2D eigenvalue weighted by molar-refractivity contribution is 7.26. The van der Waals surface area contributed by atoms with Crippen LogP contribution in [0.2, 0.25) is 0 Å². The molecule has 0 spiro atoms. The smallest absolute Gasteiger partial charge is 0.116 e. The summed E-state index contributed by atoms with van der Waals surface area (Å²) in [4.78, 5) is 9.50. The lowest BCUT2D eigenvalue weighted by Gasteiger charge is -2.20. The summed E-state index contributed by atoms with van der Waals surface area (Å²) in [7, 11) is 0. The Balaban J connectivity index is 1.63. The fraction of sp³-hybridized carbons (Fsp3) is 0.172. The highest BCUT2D eigenvalue weighted by atomic mass is 32.1. The lowest BCUT2D eigenvalue weighted by Crippen LogP contribution is -2.09. The van der Waals surface area contributed by atoms with Crippen LogP contribution < -0.4 is 0 Å². The molecule has 2 nitrogen and oxygen atoms in total. The van der Waals surface area contributed by atoms with Crippen molar-refractivity contribution in [2.45, 2.75) is 27.2 Å². The predicted octanol–water partition coefficient (Wildman–Crippen LogP) is 8.41. The molecule has 0 aliphatic heterocycles. The van der Waals surface area contributed by atoms with Gasteiger partial charge in [0.2, 0.25) is 0 Å². The van der Waals surface area contributed by atoms with Gasteiger partial charge in [0.1, 0.15) is 6.33 Å². The minimum absolute atomic E-state index is 0.236. The molecule has 156 valence electrons. The van der Waals surface area contributed by atoms with Gasteiger partial charge < -0.3 is 0 Å². The van der Waals surface area contributed by atoms with Crippen molar-refractivity contribution in [2.75, 3.05) is 0 Å². The molecular formula is C29H24N2S. The number of nitrogens with zero attached hydrogens (tertiary/aromatic N) is 2. The lowest BCUT2D eigenvalue weighted by atomic mass is 9.85. The van der Waals surface area contributed by atoms with Crippen LogP contribution in [0.15, 0.2) is 79.1 Å². The predicted molar refractivity (Wildman–Crippen MR) is 139 cm³/mol. The standard InChI is InChI=1S/C29H24N2S/c1-29(2,3)16-20-10-6-12-22-21(20)11-7-13-23(22)26-28-27(31-17-30-26)24-14-18-8-4-5-9-19(18)15-25(24)32-28/h4-15,17H,16H2,1-3H3. The van der Waals surface area contributed by atoms with Crippen molar-refractivity contribution in [3.05, 3.63) is 84.7 Å². The van der Waals surface area contributed by atoms with Crippen molar-refractivity contribution in [1.29, 1.82) is 0 Å². The second-order valence-corrected chi connectivity index (χ2v) is 10.8. The zero-order valence-electron chi connectivity index (χ0n) is 18.5. The van der Waals surface area contributed by atoms with Crippen molar-refractivity contribution < 1.29 is 0 Å². The molecule has 0 amide bonds. The molecule has 0 saturated carbocycles. The highest BCUT2D eigenvalue weighted by Crippen LogP contribution is 2.41. The number of aromatic nitrogens is 2. The summed E-state index contributed by atoms with van der Waals surface area (Å²) in [5.74, 6) is 0. The first-order valence-corrected chi connectivity index (χ1v) is 11.9. The van der Waals surface area contributed by atoms with Crippen LogP contribution in [-0.4, -0.2) is 9.97 Å². The number of thiophene rings is 1. The maximum Gasteiger partial charge on any atom is 0.116 e. The van der Waals surface area contributed by atoms with E-state index in [0.717, 1.165) is 22.3 Å². The Morgan fingerprint density at radius 2 is 1.50 bits per heavy atom. The van der Waals surface area contributed by atoms with E-state index in [2.05, 4.69) is 93.6 Å². The van der Waals surface area contributed by atoms with Gasteiger partial charge in [0.05, 0.1) is 15.9 Å². The molecule has 4 aromatic carbocycles. The van der Waals surface area contributed by atoms with E-state index >= 15 is 0 Å². The van der Waals surface area contributed by atoms with Crippen LogP contribution in [0, 0.1) is 5.41 Å². The third-order valence-electron chi connectivity index (χ3n) is 6.11. The zero-order valence-corrected chi connectivity index (χ0v) is 19.3. The average molecular weight is 433 g/mol. The Kier molecular flexibility index (Phi) is 4.31. The number of hydrogen-bond acceptors (Lipinski definition) is 3. The summed E-state index contributed by atoms with van der Waals surface area (Å²) < 4.78 is 2.42. The lowest BCUT2D eigenvalue weighted by molar-refractivity contribution is 0.412. The summed E-state index contributed by atoms with van der Waals surface area (Å²) in [6, 6.07) is 26.4. The van der Waals surface area contributed by atoms with Gasteiger partial charge in [-0.05, 0) is 51.1 Å². The fourth-order valence-corrected chi connectivity index (χ4v) is 5.95. The van der Waals surface area contributed by atoms with Crippen LogP contribution >= 0.6 is 11.3 Å². The van der Waals surface area contributed by atoms with Crippen molar-refractivity contribution in [1.82, 2.24) is 9.97 Å². The van der Waals surface area contributed by atoms with Gasteiger partial charge >= 0.3 is 0 Å². The minimum Gasteiger partial charge on any atom is -0.235 e. The largest absolute Gasteiger partial charge is 0.235 e. The molecule has 6 aromatic rings. The normalized spacial score (nSPS) is 12.3. The molecule has 0 radical (unpaired) electrons. The Hall–Kier alpha value is -3.30. The molecule has 0 aliphatic rings. The van der Waals surface area contributed by atoms with Gasteiger partial charge in [-0.3, -0.25) is 0 Å². The summed E-state index contributed by atoms with van der Waals surface area (Å²) >= 11 is 1.80. The van der Waals surface area contributed by atoms with E-state index in [0.29, 0.717) is 0 Å². The summed E-state index contributed by atoms with van der Waals surface area (Å²) in [5.41, 5.74) is 4.88. The second kappa shape index (κ2) is 7.11. The average Bonchev–Trinajstić information content (AvgIpc) is 3.14. The number of hydrogen-bond donors (Lipinski definition) is 0. The topological polar surface area (TPSA) is 25.8 Å². The van der Waals surface area contributed by atoms with E-state index in [4.69, 9.17) is 9.97 Å². The van der Waals surface area contributed by atoms with Crippen LogP contribution in [0.3, 0.4) is 0 Å². The van der Waals surface area contributed by atoms with Gasteiger partial charge in [0.15, 0.2) is 0 Å². The SMILES string of the molecule is CC(C)(C)Cc1cccc2c(-c3ncnc4c3sc3cc5ccccc5cc34)cccc12. The summed E-state index contributed by atoms with van der Waals surface area (Å²) in [6.45, 7) is 6.89. The Morgan fingerprint density at radius 3 is 2.31 bits per heavy atom. The quantitative estimate of drug-likeness (QED) is 0.274. The van der Waals surface area contributed by atoms with Crippen molar-refractivity contribution >= 4 is 53.2 Å².